The van der Waals surface area contributed by atoms with E-state index >= 15 is 0 Å². The minimum atomic E-state index is -0.393. The SMILES string of the molecule is CCCCNC(=O)OC(C)(C)C.Cc1cc(NC(=O)CN)ccc1Cl. The van der Waals surface area contributed by atoms with E-state index in [9.17, 15) is 9.59 Å². The van der Waals surface area contributed by atoms with Gasteiger partial charge in [0, 0.05) is 17.3 Å². The van der Waals surface area contributed by atoms with Crippen LogP contribution < -0.4 is 16.4 Å². The van der Waals surface area contributed by atoms with Gasteiger partial charge >= 0.3 is 6.09 Å². The predicted octanol–water partition coefficient (Wildman–Crippen LogP) is 3.86. The summed E-state index contributed by atoms with van der Waals surface area (Å²) in [5.41, 5.74) is 6.40. The maximum Gasteiger partial charge on any atom is 0.407 e. The normalized spacial score (nSPS) is 10.4. The number of unbranched alkanes of at least 4 members (excludes halogenated alkanes) is 1. The summed E-state index contributed by atoms with van der Waals surface area (Å²) >= 11 is 5.81. The van der Waals surface area contributed by atoms with Crippen LogP contribution in [0.15, 0.2) is 18.2 Å². The Hall–Kier alpha value is -1.79. The van der Waals surface area contributed by atoms with Gasteiger partial charge in [0.15, 0.2) is 0 Å². The second-order valence-electron chi connectivity index (χ2n) is 6.50. The molecular formula is C18H30ClN3O3. The van der Waals surface area contributed by atoms with Gasteiger partial charge in [-0.1, -0.05) is 24.9 Å². The number of halogens is 1. The van der Waals surface area contributed by atoms with Gasteiger partial charge in [-0.3, -0.25) is 4.79 Å². The molecule has 2 amide bonds. The Labute approximate surface area is 155 Å². The van der Waals surface area contributed by atoms with Crippen LogP contribution >= 0.6 is 11.6 Å². The topological polar surface area (TPSA) is 93.5 Å². The van der Waals surface area contributed by atoms with Crippen LogP contribution in [0.3, 0.4) is 0 Å². The second-order valence-corrected chi connectivity index (χ2v) is 6.91. The molecule has 4 N–H and O–H groups in total. The molecule has 0 spiro atoms. The first-order valence-corrected chi connectivity index (χ1v) is 8.69. The molecule has 0 heterocycles. The van der Waals surface area contributed by atoms with Crippen molar-refractivity contribution < 1.29 is 14.3 Å². The molecule has 0 saturated heterocycles. The number of nitrogens with one attached hydrogen (secondary N) is 2. The van der Waals surface area contributed by atoms with E-state index in [4.69, 9.17) is 22.1 Å². The van der Waals surface area contributed by atoms with Crippen molar-refractivity contribution in [2.24, 2.45) is 5.73 Å². The standard InChI is InChI=1S/C9H11ClN2O.C9H19NO2/c1-6-4-7(2-3-8(6)10)12-9(13)5-11;1-5-6-7-10-8(11)12-9(2,3)4/h2-4H,5,11H2,1H3,(H,12,13);5-7H2,1-4H3,(H,10,11). The molecule has 0 radical (unpaired) electrons. The molecule has 0 unspecified atom stereocenters. The van der Waals surface area contributed by atoms with Gasteiger partial charge in [0.25, 0.3) is 0 Å². The summed E-state index contributed by atoms with van der Waals surface area (Å²) in [6.07, 6.45) is 1.76. The quantitative estimate of drug-likeness (QED) is 0.685. The summed E-state index contributed by atoms with van der Waals surface area (Å²) in [5.74, 6) is -0.207. The highest BCUT2D eigenvalue weighted by molar-refractivity contribution is 6.31. The van der Waals surface area contributed by atoms with Crippen molar-refractivity contribution in [1.82, 2.24) is 5.32 Å². The van der Waals surface area contributed by atoms with Crippen molar-refractivity contribution in [3.05, 3.63) is 28.8 Å². The third-order valence-corrected chi connectivity index (χ3v) is 3.25. The van der Waals surface area contributed by atoms with Crippen LogP contribution in [0.4, 0.5) is 10.5 Å². The lowest BCUT2D eigenvalue weighted by molar-refractivity contribution is -0.114. The number of aryl methyl sites for hydroxylation is 1. The molecule has 0 bridgehead atoms. The molecule has 25 heavy (non-hydrogen) atoms. The first-order chi connectivity index (χ1) is 11.6. The lowest BCUT2D eigenvalue weighted by atomic mass is 10.2. The first kappa shape index (κ1) is 23.2. The second kappa shape index (κ2) is 11.7. The molecule has 0 saturated carbocycles. The van der Waals surface area contributed by atoms with Gasteiger partial charge in [0.1, 0.15) is 5.60 Å². The zero-order valence-corrected chi connectivity index (χ0v) is 16.5. The number of rotatable bonds is 5. The summed E-state index contributed by atoms with van der Waals surface area (Å²) in [6, 6.07) is 5.28. The number of alkyl carbamates (subject to hydrolysis) is 1. The summed E-state index contributed by atoms with van der Waals surface area (Å²) < 4.78 is 5.03. The molecule has 0 fully saturated rings. The molecule has 0 aliphatic carbocycles. The zero-order valence-electron chi connectivity index (χ0n) is 15.7. The largest absolute Gasteiger partial charge is 0.444 e. The number of carbonyl (C=O) groups excluding carboxylic acids is 2. The van der Waals surface area contributed by atoms with E-state index in [-0.39, 0.29) is 18.5 Å². The minimum absolute atomic E-state index is 0.0122. The van der Waals surface area contributed by atoms with E-state index in [1.807, 2.05) is 27.7 Å². The number of ether oxygens (including phenoxy) is 1. The van der Waals surface area contributed by atoms with Gasteiger partial charge < -0.3 is 21.1 Å². The fourth-order valence-corrected chi connectivity index (χ4v) is 1.73. The lowest BCUT2D eigenvalue weighted by Gasteiger charge is -2.19. The van der Waals surface area contributed by atoms with Crippen LogP contribution in [0, 0.1) is 6.92 Å². The van der Waals surface area contributed by atoms with Gasteiger partial charge in [-0.25, -0.2) is 4.79 Å². The van der Waals surface area contributed by atoms with Crippen LogP contribution in [0.25, 0.3) is 0 Å². The fraction of sp³-hybridized carbons (Fsp3) is 0.556. The number of nitrogens with two attached hydrogens (primary N) is 1. The summed E-state index contributed by atoms with van der Waals surface area (Å²) in [4.78, 5) is 21.9. The zero-order chi connectivity index (χ0) is 19.5. The monoisotopic (exact) mass is 371 g/mol. The van der Waals surface area contributed by atoms with Gasteiger partial charge in [0.05, 0.1) is 6.54 Å². The number of carbonyl (C=O) groups is 2. The average Bonchev–Trinajstić information content (AvgIpc) is 2.50. The van der Waals surface area contributed by atoms with Gasteiger partial charge in [-0.15, -0.1) is 0 Å². The number of benzene rings is 1. The third-order valence-electron chi connectivity index (χ3n) is 2.83. The maximum atomic E-state index is 11.0. The predicted molar refractivity (Wildman–Crippen MR) is 103 cm³/mol. The molecule has 0 aliphatic rings. The fourth-order valence-electron chi connectivity index (χ4n) is 1.62. The molecule has 0 atom stereocenters. The minimum Gasteiger partial charge on any atom is -0.444 e. The van der Waals surface area contributed by atoms with Gasteiger partial charge in [-0.2, -0.15) is 0 Å². The smallest absolute Gasteiger partial charge is 0.407 e. The molecule has 1 aromatic carbocycles. The van der Waals surface area contributed by atoms with Crippen molar-refractivity contribution in [2.75, 3.05) is 18.4 Å². The van der Waals surface area contributed by atoms with E-state index < -0.39 is 5.60 Å². The number of amides is 2. The molecular weight excluding hydrogens is 342 g/mol. The van der Waals surface area contributed by atoms with Crippen molar-refractivity contribution in [3.8, 4) is 0 Å². The van der Waals surface area contributed by atoms with Crippen molar-refractivity contribution in [3.63, 3.8) is 0 Å². The van der Waals surface area contributed by atoms with Crippen LogP contribution in [0.2, 0.25) is 5.02 Å². The molecule has 7 heteroatoms. The van der Waals surface area contributed by atoms with Gasteiger partial charge in [-0.05, 0) is 57.9 Å². The lowest BCUT2D eigenvalue weighted by Crippen LogP contribution is -2.32. The van der Waals surface area contributed by atoms with Crippen molar-refractivity contribution in [1.29, 1.82) is 0 Å². The number of anilines is 1. The van der Waals surface area contributed by atoms with E-state index in [0.717, 1.165) is 24.1 Å². The van der Waals surface area contributed by atoms with Crippen molar-refractivity contribution >= 4 is 29.3 Å². The molecule has 6 nitrogen and oxygen atoms in total. The average molecular weight is 372 g/mol. The molecule has 1 aromatic rings. The number of hydrogen-bond donors (Lipinski definition) is 3. The maximum absolute atomic E-state index is 11.0. The highest BCUT2D eigenvalue weighted by Crippen LogP contribution is 2.19. The summed E-state index contributed by atoms with van der Waals surface area (Å²) in [6.45, 7) is 10.2. The molecule has 142 valence electrons. The third kappa shape index (κ3) is 12.3. The van der Waals surface area contributed by atoms with Crippen LogP contribution in [-0.4, -0.2) is 30.7 Å². The Balaban J connectivity index is 0.000000463. The van der Waals surface area contributed by atoms with E-state index in [0.29, 0.717) is 11.6 Å². The summed E-state index contributed by atoms with van der Waals surface area (Å²) in [7, 11) is 0. The van der Waals surface area contributed by atoms with Crippen LogP contribution in [0.5, 0.6) is 0 Å². The van der Waals surface area contributed by atoms with Gasteiger partial charge in [0.2, 0.25) is 5.91 Å². The van der Waals surface area contributed by atoms with E-state index in [1.54, 1.807) is 18.2 Å². The Bertz CT molecular complexity index is 557. The Morgan fingerprint density at radius 1 is 1.28 bits per heavy atom. The highest BCUT2D eigenvalue weighted by atomic mass is 35.5. The Morgan fingerprint density at radius 2 is 1.92 bits per heavy atom. The summed E-state index contributed by atoms with van der Waals surface area (Å²) in [5, 5.41) is 6.00. The molecule has 0 aliphatic heterocycles. The first-order valence-electron chi connectivity index (χ1n) is 8.32. The molecule has 0 aromatic heterocycles. The Morgan fingerprint density at radius 3 is 2.40 bits per heavy atom. The van der Waals surface area contributed by atoms with E-state index in [2.05, 4.69) is 17.6 Å². The Kier molecular flexibility index (Phi) is 10.9. The number of hydrogen-bond acceptors (Lipinski definition) is 4. The van der Waals surface area contributed by atoms with Crippen LogP contribution in [0.1, 0.15) is 46.1 Å². The van der Waals surface area contributed by atoms with Crippen LogP contribution in [-0.2, 0) is 9.53 Å². The van der Waals surface area contributed by atoms with Crippen molar-refractivity contribution in [2.45, 2.75) is 53.1 Å². The van der Waals surface area contributed by atoms with E-state index in [1.165, 1.54) is 0 Å². The highest BCUT2D eigenvalue weighted by Gasteiger charge is 2.15. The molecule has 1 rings (SSSR count).